The normalized spacial score (nSPS) is 12.7. The molecule has 0 atom stereocenters. The number of benzene rings is 1. The summed E-state index contributed by atoms with van der Waals surface area (Å²) >= 11 is 0. The lowest BCUT2D eigenvalue weighted by molar-refractivity contribution is 0.481. The first-order valence-electron chi connectivity index (χ1n) is 3.18. The lowest BCUT2D eigenvalue weighted by Gasteiger charge is -1.98. The van der Waals surface area contributed by atoms with Crippen LogP contribution in [0.25, 0.3) is 0 Å². The lowest BCUT2D eigenvalue weighted by Crippen LogP contribution is -2.02. The van der Waals surface area contributed by atoms with Crippen molar-refractivity contribution in [2.24, 2.45) is 0 Å². The van der Waals surface area contributed by atoms with Gasteiger partial charge in [-0.15, -0.1) is 0 Å². The zero-order valence-electron chi connectivity index (χ0n) is 6.58. The van der Waals surface area contributed by atoms with Gasteiger partial charge in [0.15, 0.2) is 0 Å². The van der Waals surface area contributed by atoms with E-state index in [4.69, 9.17) is 9.11 Å². The monoisotopic (exact) mass is 237 g/mol. The van der Waals surface area contributed by atoms with E-state index >= 15 is 0 Å². The molecule has 1 rings (SSSR count). The topological polar surface area (TPSA) is 109 Å². The summed E-state index contributed by atoms with van der Waals surface area (Å²) in [5.74, 6) is 0. The van der Waals surface area contributed by atoms with Crippen molar-refractivity contribution in [2.75, 3.05) is 0 Å². The molecule has 0 saturated carbocycles. The van der Waals surface area contributed by atoms with Crippen molar-refractivity contribution in [3.05, 3.63) is 24.3 Å². The maximum atomic E-state index is 10.6. The molecule has 0 amide bonds. The minimum atomic E-state index is -4.52. The van der Waals surface area contributed by atoms with Gasteiger partial charge in [0.2, 0.25) is 0 Å². The minimum absolute atomic E-state index is 0.602. The predicted molar refractivity (Wildman–Crippen MR) is 44.9 cm³/mol. The summed E-state index contributed by atoms with van der Waals surface area (Å²) in [6.07, 6.45) is 0. The second kappa shape index (κ2) is 3.31. The standard InChI is InChI=1S/C6H5O6S2/c7-13(8,9)5-2-1-3-6(4-5)14(10,11)12/h1-2,4H,(H,7,8,9)(H,10,11,12). The molecule has 1 aromatic rings. The highest BCUT2D eigenvalue weighted by atomic mass is 32.2. The van der Waals surface area contributed by atoms with Crippen LogP contribution >= 0.6 is 0 Å². The number of hydrogen-bond donors (Lipinski definition) is 2. The Balaban J connectivity index is 3.44. The summed E-state index contributed by atoms with van der Waals surface area (Å²) in [5.41, 5.74) is 0. The van der Waals surface area contributed by atoms with Crippen LogP contribution in [-0.2, 0) is 20.2 Å². The molecule has 0 bridgehead atoms. The largest absolute Gasteiger partial charge is 0.295 e. The second-order valence-corrected chi connectivity index (χ2v) is 5.15. The van der Waals surface area contributed by atoms with Crippen molar-refractivity contribution in [1.29, 1.82) is 0 Å². The van der Waals surface area contributed by atoms with Gasteiger partial charge in [-0.3, -0.25) is 9.11 Å². The summed E-state index contributed by atoms with van der Waals surface area (Å²) in [6, 6.07) is 4.62. The molecular weight excluding hydrogens is 232 g/mol. The van der Waals surface area contributed by atoms with Crippen LogP contribution in [0.2, 0.25) is 0 Å². The summed E-state index contributed by atoms with van der Waals surface area (Å²) < 4.78 is 59.4. The van der Waals surface area contributed by atoms with Gasteiger partial charge in [0.1, 0.15) is 4.90 Å². The van der Waals surface area contributed by atoms with Gasteiger partial charge in [0, 0.05) is 6.07 Å². The molecule has 1 radical (unpaired) electrons. The van der Waals surface area contributed by atoms with Crippen LogP contribution < -0.4 is 0 Å². The van der Waals surface area contributed by atoms with Crippen LogP contribution in [0.15, 0.2) is 28.0 Å². The van der Waals surface area contributed by atoms with Gasteiger partial charge >= 0.3 is 0 Å². The van der Waals surface area contributed by atoms with E-state index < -0.39 is 30.0 Å². The zero-order valence-corrected chi connectivity index (χ0v) is 8.21. The van der Waals surface area contributed by atoms with E-state index in [0.717, 1.165) is 12.1 Å². The Morgan fingerprint density at radius 3 is 2.07 bits per heavy atom. The molecule has 14 heavy (non-hydrogen) atoms. The first kappa shape index (κ1) is 11.1. The fraction of sp³-hybridized carbons (Fsp3) is 0. The van der Waals surface area contributed by atoms with Crippen molar-refractivity contribution in [2.45, 2.75) is 9.79 Å². The first-order valence-corrected chi connectivity index (χ1v) is 6.06. The van der Waals surface area contributed by atoms with Crippen molar-refractivity contribution < 1.29 is 25.9 Å². The Kier molecular flexibility index (Phi) is 2.63. The van der Waals surface area contributed by atoms with E-state index in [9.17, 15) is 16.8 Å². The third-order valence-electron chi connectivity index (χ3n) is 1.32. The summed E-state index contributed by atoms with van der Waals surface area (Å²) in [5, 5.41) is 0. The molecule has 6 nitrogen and oxygen atoms in total. The third kappa shape index (κ3) is 2.51. The van der Waals surface area contributed by atoms with Crippen LogP contribution in [-0.4, -0.2) is 25.9 Å². The fourth-order valence-electron chi connectivity index (χ4n) is 0.734. The van der Waals surface area contributed by atoms with Crippen molar-refractivity contribution in [3.8, 4) is 0 Å². The average molecular weight is 237 g/mol. The number of hydrogen-bond acceptors (Lipinski definition) is 4. The van der Waals surface area contributed by atoms with E-state index in [1.165, 1.54) is 0 Å². The third-order valence-corrected chi connectivity index (χ3v) is 2.96. The Labute approximate surface area is 80.7 Å². The first-order chi connectivity index (χ1) is 6.21. The SMILES string of the molecule is O=S(=O)(O)c1[c]ccc(S(=O)(=O)O)c1. The molecule has 2 N–H and O–H groups in total. The summed E-state index contributed by atoms with van der Waals surface area (Å²) in [4.78, 5) is -1.34. The average Bonchev–Trinajstić information content (AvgIpc) is 2.01. The Morgan fingerprint density at radius 2 is 1.64 bits per heavy atom. The van der Waals surface area contributed by atoms with E-state index in [1.54, 1.807) is 0 Å². The Morgan fingerprint density at radius 1 is 1.07 bits per heavy atom. The number of rotatable bonds is 2. The van der Waals surface area contributed by atoms with Crippen LogP contribution in [0.1, 0.15) is 0 Å². The molecule has 0 aromatic heterocycles. The minimum Gasteiger partial charge on any atom is -0.282 e. The highest BCUT2D eigenvalue weighted by Gasteiger charge is 2.15. The molecule has 0 fully saturated rings. The highest BCUT2D eigenvalue weighted by molar-refractivity contribution is 7.86. The fourth-order valence-corrected chi connectivity index (χ4v) is 1.81. The highest BCUT2D eigenvalue weighted by Crippen LogP contribution is 2.14. The lowest BCUT2D eigenvalue weighted by atomic mass is 10.4. The van der Waals surface area contributed by atoms with Gasteiger partial charge in [-0.25, -0.2) is 0 Å². The Bertz CT molecular complexity index is 494. The summed E-state index contributed by atoms with van der Waals surface area (Å²) in [7, 11) is -9.00. The van der Waals surface area contributed by atoms with Gasteiger partial charge in [0.25, 0.3) is 20.2 Å². The van der Waals surface area contributed by atoms with Crippen molar-refractivity contribution in [3.63, 3.8) is 0 Å². The van der Waals surface area contributed by atoms with Crippen molar-refractivity contribution >= 4 is 20.2 Å². The quantitative estimate of drug-likeness (QED) is 0.700. The molecule has 8 heteroatoms. The van der Waals surface area contributed by atoms with Gasteiger partial charge in [0.05, 0.1) is 4.90 Å². The molecule has 0 spiro atoms. The molecule has 0 heterocycles. The van der Waals surface area contributed by atoms with E-state index in [1.807, 2.05) is 0 Å². The molecule has 0 aliphatic heterocycles. The van der Waals surface area contributed by atoms with Crippen molar-refractivity contribution in [1.82, 2.24) is 0 Å². The molecular formula is C6H5O6S2. The van der Waals surface area contributed by atoms with Crippen LogP contribution in [0.3, 0.4) is 0 Å². The van der Waals surface area contributed by atoms with Gasteiger partial charge in [-0.1, -0.05) is 6.07 Å². The molecule has 0 unspecified atom stereocenters. The van der Waals surface area contributed by atoms with E-state index in [0.29, 0.717) is 6.07 Å². The van der Waals surface area contributed by atoms with Crippen LogP contribution in [0, 0.1) is 6.07 Å². The second-order valence-electron chi connectivity index (χ2n) is 2.34. The summed E-state index contributed by atoms with van der Waals surface area (Å²) in [6.45, 7) is 0. The van der Waals surface area contributed by atoms with E-state index in [-0.39, 0.29) is 0 Å². The van der Waals surface area contributed by atoms with E-state index in [2.05, 4.69) is 6.07 Å². The maximum Gasteiger partial charge on any atom is 0.295 e. The maximum absolute atomic E-state index is 10.6. The zero-order chi connectivity index (χ0) is 11.0. The van der Waals surface area contributed by atoms with Crippen LogP contribution in [0.5, 0.6) is 0 Å². The Hall–Kier alpha value is -0.960. The van der Waals surface area contributed by atoms with Crippen LogP contribution in [0.4, 0.5) is 0 Å². The molecule has 0 aliphatic carbocycles. The van der Waals surface area contributed by atoms with Gasteiger partial charge in [-0.2, -0.15) is 16.8 Å². The molecule has 0 aliphatic rings. The molecule has 1 aromatic carbocycles. The molecule has 0 saturated heterocycles. The molecule has 77 valence electrons. The predicted octanol–water partition coefficient (Wildman–Crippen LogP) is -0.0198. The smallest absolute Gasteiger partial charge is 0.282 e. The van der Waals surface area contributed by atoms with Gasteiger partial charge in [-0.05, 0) is 12.1 Å². The van der Waals surface area contributed by atoms with Gasteiger partial charge < -0.3 is 0 Å².